The van der Waals surface area contributed by atoms with Crippen LogP contribution in [0.3, 0.4) is 0 Å². The maximum atomic E-state index is 2.52. The fourth-order valence-electron chi connectivity index (χ4n) is 9.06. The molecule has 0 aliphatic heterocycles. The van der Waals surface area contributed by atoms with Gasteiger partial charge in [0.2, 0.25) is 0 Å². The van der Waals surface area contributed by atoms with E-state index in [1.807, 2.05) is 0 Å². The van der Waals surface area contributed by atoms with Crippen molar-refractivity contribution in [1.82, 2.24) is 9.13 Å². The smallest absolute Gasteiger partial charge is 0.0641 e. The summed E-state index contributed by atoms with van der Waals surface area (Å²) in [5, 5.41) is 3.77. The van der Waals surface area contributed by atoms with E-state index in [0.29, 0.717) is 0 Å². The lowest BCUT2D eigenvalue weighted by Crippen LogP contribution is -1.98. The van der Waals surface area contributed by atoms with E-state index in [1.54, 1.807) is 0 Å². The Labute approximate surface area is 333 Å². The molecular weight excluding hydrogens is 689 g/mol. The highest BCUT2D eigenvalue weighted by Crippen LogP contribution is 2.43. The van der Waals surface area contributed by atoms with E-state index < -0.39 is 0 Å². The van der Waals surface area contributed by atoms with Crippen LogP contribution in [-0.2, 0) is 0 Å². The summed E-state index contributed by atoms with van der Waals surface area (Å²) in [4.78, 5) is 0. The summed E-state index contributed by atoms with van der Waals surface area (Å²) in [6.45, 7) is 0. The number of para-hydroxylation sites is 1. The Morgan fingerprint density at radius 3 is 1.75 bits per heavy atom. The van der Waals surface area contributed by atoms with Gasteiger partial charge in [-0.3, -0.25) is 0 Å². The topological polar surface area (TPSA) is 9.86 Å². The molecular formula is C55H40N2. The second-order valence-corrected chi connectivity index (χ2v) is 15.2. The van der Waals surface area contributed by atoms with Crippen molar-refractivity contribution in [1.29, 1.82) is 0 Å². The van der Waals surface area contributed by atoms with Crippen molar-refractivity contribution in [3.63, 3.8) is 0 Å². The molecule has 0 spiro atoms. The molecule has 0 bridgehead atoms. The zero-order valence-corrected chi connectivity index (χ0v) is 31.6. The molecule has 0 unspecified atom stereocenters. The van der Waals surface area contributed by atoms with Gasteiger partial charge in [0.15, 0.2) is 0 Å². The summed E-state index contributed by atoms with van der Waals surface area (Å²) < 4.78 is 4.97. The third kappa shape index (κ3) is 5.72. The molecule has 0 saturated carbocycles. The zero-order chi connectivity index (χ0) is 37.7. The minimum absolute atomic E-state index is 0.916. The number of allylic oxidation sites excluding steroid dienone is 6. The van der Waals surface area contributed by atoms with E-state index in [-0.39, 0.29) is 0 Å². The standard InChI is InChI=1S/C55H40N2/c1-4-16-38(17-5-1)40-20-12-22-42(34-40)44-24-14-26-46(36-44)56-52-31-11-10-29-50(52)54-53(56)33-32-49-48-28-8-3-9-30-51(48)57(55(49)54)47-27-15-25-45(37-47)43-23-13-21-41(35-43)39-18-6-2-7-19-39/h1,4-6,8-37H,2-3,7H2. The van der Waals surface area contributed by atoms with E-state index in [4.69, 9.17) is 0 Å². The average molecular weight is 729 g/mol. The lowest BCUT2D eigenvalue weighted by Gasteiger charge is -2.14. The lowest BCUT2D eigenvalue weighted by molar-refractivity contribution is 1.04. The number of hydrogen-bond acceptors (Lipinski definition) is 0. The molecule has 2 aliphatic carbocycles. The molecule has 2 heteroatoms. The molecule has 0 amide bonds. The Hall–Kier alpha value is -7.16. The third-order valence-corrected chi connectivity index (χ3v) is 11.7. The van der Waals surface area contributed by atoms with E-state index >= 15 is 0 Å². The molecule has 2 nitrogen and oxygen atoms in total. The van der Waals surface area contributed by atoms with Gasteiger partial charge in [-0.05, 0) is 118 Å². The predicted molar refractivity (Wildman–Crippen MR) is 243 cm³/mol. The van der Waals surface area contributed by atoms with Crippen LogP contribution in [0.4, 0.5) is 0 Å². The Balaban J connectivity index is 1.12. The van der Waals surface area contributed by atoms with E-state index in [9.17, 15) is 0 Å². The molecule has 0 atom stereocenters. The van der Waals surface area contributed by atoms with Gasteiger partial charge in [-0.1, -0.05) is 152 Å². The Morgan fingerprint density at radius 1 is 0.386 bits per heavy atom. The Kier molecular flexibility index (Phi) is 8.07. The van der Waals surface area contributed by atoms with Crippen LogP contribution in [-0.4, -0.2) is 9.13 Å². The fraction of sp³-hybridized carbons (Fsp3) is 0.0545. The van der Waals surface area contributed by atoms with Crippen LogP contribution < -0.4 is 0 Å². The first-order valence-corrected chi connectivity index (χ1v) is 20.1. The van der Waals surface area contributed by atoms with Gasteiger partial charge in [-0.15, -0.1) is 0 Å². The summed E-state index contributed by atoms with van der Waals surface area (Å²) in [6, 6.07) is 60.2. The van der Waals surface area contributed by atoms with Crippen LogP contribution in [0.25, 0.3) is 95.2 Å². The summed E-state index contributed by atoms with van der Waals surface area (Å²) in [5.74, 6) is 0. The molecule has 2 aliphatic rings. The highest BCUT2D eigenvalue weighted by molar-refractivity contribution is 6.22. The summed E-state index contributed by atoms with van der Waals surface area (Å²) in [5.41, 5.74) is 18.3. The van der Waals surface area contributed by atoms with E-state index in [2.05, 4.69) is 215 Å². The Bertz CT molecular complexity index is 3140. The molecule has 0 radical (unpaired) electrons. The maximum Gasteiger partial charge on any atom is 0.0641 e. The molecule has 0 saturated heterocycles. The van der Waals surface area contributed by atoms with Crippen LogP contribution in [0.1, 0.15) is 36.1 Å². The minimum Gasteiger partial charge on any atom is -0.309 e. The van der Waals surface area contributed by atoms with Crippen LogP contribution in [0.2, 0.25) is 0 Å². The molecule has 11 rings (SSSR count). The number of aromatic nitrogens is 2. The van der Waals surface area contributed by atoms with Gasteiger partial charge in [0.25, 0.3) is 0 Å². The quantitative estimate of drug-likeness (QED) is 0.161. The summed E-state index contributed by atoms with van der Waals surface area (Å²) in [7, 11) is 0. The van der Waals surface area contributed by atoms with E-state index in [0.717, 1.165) is 30.6 Å². The van der Waals surface area contributed by atoms with Gasteiger partial charge in [-0.25, -0.2) is 0 Å². The SMILES string of the molecule is C1=Cc2c(n(-c3cccc(-c4cccc(C5=CCCC=C5)c4)c3)c3c2ccc2c3c3ccccc3n2-c2cccc(-c3cccc(-c4ccccc4)c3)c2)C=CC1. The first-order chi connectivity index (χ1) is 28.3. The lowest BCUT2D eigenvalue weighted by atomic mass is 9.96. The Morgan fingerprint density at radius 2 is 1.00 bits per heavy atom. The van der Waals surface area contributed by atoms with Gasteiger partial charge in [-0.2, -0.15) is 0 Å². The van der Waals surface area contributed by atoms with Gasteiger partial charge < -0.3 is 9.13 Å². The first-order valence-electron chi connectivity index (χ1n) is 20.1. The number of benzene rings is 7. The van der Waals surface area contributed by atoms with Gasteiger partial charge in [0.05, 0.1) is 22.2 Å². The molecule has 0 fully saturated rings. The molecule has 7 aromatic carbocycles. The van der Waals surface area contributed by atoms with Crippen molar-refractivity contribution < 1.29 is 0 Å². The predicted octanol–water partition coefficient (Wildman–Crippen LogP) is 14.9. The largest absolute Gasteiger partial charge is 0.309 e. The molecule has 9 aromatic rings. The molecule has 2 heterocycles. The zero-order valence-electron chi connectivity index (χ0n) is 31.6. The minimum atomic E-state index is 0.916. The van der Waals surface area contributed by atoms with Crippen LogP contribution in [0, 0.1) is 0 Å². The molecule has 0 N–H and O–H groups in total. The molecule has 270 valence electrons. The highest BCUT2D eigenvalue weighted by Gasteiger charge is 2.23. The van der Waals surface area contributed by atoms with Crippen molar-refractivity contribution in [2.24, 2.45) is 0 Å². The third-order valence-electron chi connectivity index (χ3n) is 11.7. The average Bonchev–Trinajstić information content (AvgIpc) is 3.67. The number of nitrogens with zero attached hydrogens (tertiary/aromatic N) is 2. The van der Waals surface area contributed by atoms with Crippen LogP contribution in [0.15, 0.2) is 194 Å². The normalized spacial score (nSPS) is 13.6. The number of fused-ring (bicyclic) bond motifs is 7. The second-order valence-electron chi connectivity index (χ2n) is 15.2. The highest BCUT2D eigenvalue weighted by atomic mass is 15.0. The second kappa shape index (κ2) is 13.8. The number of hydrogen-bond donors (Lipinski definition) is 0. The first kappa shape index (κ1) is 33.2. The fourth-order valence-corrected chi connectivity index (χ4v) is 9.06. The van der Waals surface area contributed by atoms with Crippen molar-refractivity contribution >= 4 is 50.4 Å². The summed E-state index contributed by atoms with van der Waals surface area (Å²) >= 11 is 0. The van der Waals surface area contributed by atoms with Crippen molar-refractivity contribution in [2.75, 3.05) is 0 Å². The van der Waals surface area contributed by atoms with Gasteiger partial charge in [0.1, 0.15) is 0 Å². The number of rotatable bonds is 6. The van der Waals surface area contributed by atoms with Gasteiger partial charge >= 0.3 is 0 Å². The molecule has 2 aromatic heterocycles. The van der Waals surface area contributed by atoms with Crippen molar-refractivity contribution in [3.05, 3.63) is 211 Å². The van der Waals surface area contributed by atoms with Crippen molar-refractivity contribution in [3.8, 4) is 44.8 Å². The van der Waals surface area contributed by atoms with Gasteiger partial charge in [0, 0.05) is 33.1 Å². The van der Waals surface area contributed by atoms with Crippen LogP contribution >= 0.6 is 0 Å². The molecule has 57 heavy (non-hydrogen) atoms. The summed E-state index contributed by atoms with van der Waals surface area (Å²) in [6.07, 6.45) is 19.3. The van der Waals surface area contributed by atoms with E-state index in [1.165, 1.54) is 88.5 Å². The van der Waals surface area contributed by atoms with Crippen molar-refractivity contribution in [2.45, 2.75) is 19.3 Å². The monoisotopic (exact) mass is 728 g/mol. The maximum absolute atomic E-state index is 2.52. The van der Waals surface area contributed by atoms with Crippen LogP contribution in [0.5, 0.6) is 0 Å².